The Balaban J connectivity index is 1.90. The predicted octanol–water partition coefficient (Wildman–Crippen LogP) is 5.26. The van der Waals surface area contributed by atoms with Gasteiger partial charge in [0.2, 0.25) is 0 Å². The number of hydrogen-bond acceptors (Lipinski definition) is 3. The Bertz CT molecular complexity index is 1230. The molecule has 0 fully saturated rings. The Labute approximate surface area is 154 Å². The molecule has 0 saturated carbocycles. The standard InChI is InChI=1S/C21H13ClN4/c22-17-10-8-15(9-11-17)20-24-25-21-18(14-5-2-1-3-6-14)13-16-7-4-12-23-19(16)26(20)21/h1-13H. The molecule has 5 rings (SSSR count). The van der Waals surface area contributed by atoms with Gasteiger partial charge in [0.1, 0.15) is 5.65 Å². The van der Waals surface area contributed by atoms with Crippen molar-refractivity contribution >= 4 is 28.3 Å². The second kappa shape index (κ2) is 5.93. The highest BCUT2D eigenvalue weighted by atomic mass is 35.5. The van der Waals surface area contributed by atoms with Crippen LogP contribution < -0.4 is 0 Å². The molecule has 26 heavy (non-hydrogen) atoms. The topological polar surface area (TPSA) is 43.1 Å². The van der Waals surface area contributed by atoms with E-state index in [-0.39, 0.29) is 0 Å². The lowest BCUT2D eigenvalue weighted by molar-refractivity contribution is 1.11. The largest absolute Gasteiger partial charge is 0.258 e. The number of benzene rings is 2. The van der Waals surface area contributed by atoms with E-state index in [0.29, 0.717) is 5.02 Å². The molecule has 4 nitrogen and oxygen atoms in total. The fourth-order valence-electron chi connectivity index (χ4n) is 3.20. The zero-order valence-corrected chi connectivity index (χ0v) is 14.4. The van der Waals surface area contributed by atoms with Gasteiger partial charge in [-0.15, -0.1) is 10.2 Å². The van der Waals surface area contributed by atoms with Crippen molar-refractivity contribution in [3.8, 4) is 22.5 Å². The molecule has 5 aromatic rings. The van der Waals surface area contributed by atoms with E-state index in [1.54, 1.807) is 6.20 Å². The van der Waals surface area contributed by atoms with Crippen LogP contribution in [0.1, 0.15) is 0 Å². The molecule has 0 aliphatic carbocycles. The highest BCUT2D eigenvalue weighted by molar-refractivity contribution is 6.30. The second-order valence-corrected chi connectivity index (χ2v) is 6.47. The first-order valence-electron chi connectivity index (χ1n) is 8.25. The van der Waals surface area contributed by atoms with Gasteiger partial charge in [0.15, 0.2) is 11.5 Å². The van der Waals surface area contributed by atoms with Gasteiger partial charge in [0.25, 0.3) is 0 Å². The summed E-state index contributed by atoms with van der Waals surface area (Å²) in [5, 5.41) is 10.7. The molecule has 3 heterocycles. The Kier molecular flexibility index (Phi) is 3.43. The van der Waals surface area contributed by atoms with Gasteiger partial charge in [-0.3, -0.25) is 4.40 Å². The molecule has 0 amide bonds. The van der Waals surface area contributed by atoms with E-state index in [0.717, 1.165) is 39.2 Å². The third kappa shape index (κ3) is 2.35. The van der Waals surface area contributed by atoms with E-state index < -0.39 is 0 Å². The van der Waals surface area contributed by atoms with E-state index in [9.17, 15) is 0 Å². The summed E-state index contributed by atoms with van der Waals surface area (Å²) in [4.78, 5) is 4.58. The van der Waals surface area contributed by atoms with Crippen LogP contribution in [0.15, 0.2) is 79.0 Å². The molecule has 3 aromatic heterocycles. The number of halogens is 1. The smallest absolute Gasteiger partial charge is 0.170 e. The van der Waals surface area contributed by atoms with Crippen molar-refractivity contribution in [1.29, 1.82) is 0 Å². The molecule has 0 N–H and O–H groups in total. The van der Waals surface area contributed by atoms with Crippen LogP contribution in [-0.2, 0) is 0 Å². The molecule has 124 valence electrons. The third-order valence-electron chi connectivity index (χ3n) is 4.42. The van der Waals surface area contributed by atoms with Crippen LogP contribution in [-0.4, -0.2) is 19.6 Å². The molecule has 0 atom stereocenters. The zero-order chi connectivity index (χ0) is 17.5. The number of hydrogen-bond donors (Lipinski definition) is 0. The van der Waals surface area contributed by atoms with Crippen molar-refractivity contribution in [2.75, 3.05) is 0 Å². The molecular formula is C21H13ClN4. The fourth-order valence-corrected chi connectivity index (χ4v) is 3.33. The van der Waals surface area contributed by atoms with Gasteiger partial charge in [-0.25, -0.2) is 4.98 Å². The van der Waals surface area contributed by atoms with Crippen LogP contribution >= 0.6 is 11.6 Å². The molecule has 5 heteroatoms. The molecule has 0 bridgehead atoms. The predicted molar refractivity (Wildman–Crippen MR) is 104 cm³/mol. The Morgan fingerprint density at radius 2 is 1.54 bits per heavy atom. The average Bonchev–Trinajstić information content (AvgIpc) is 3.14. The Hall–Kier alpha value is -3.24. The Morgan fingerprint density at radius 3 is 2.35 bits per heavy atom. The minimum absolute atomic E-state index is 0.690. The molecule has 0 radical (unpaired) electrons. The number of aromatic nitrogens is 4. The molecule has 0 unspecified atom stereocenters. The summed E-state index contributed by atoms with van der Waals surface area (Å²) in [6.45, 7) is 0. The minimum Gasteiger partial charge on any atom is -0.258 e. The number of rotatable bonds is 2. The number of pyridine rings is 2. The first kappa shape index (κ1) is 15.0. The molecule has 2 aromatic carbocycles. The second-order valence-electron chi connectivity index (χ2n) is 6.03. The average molecular weight is 357 g/mol. The molecule has 0 spiro atoms. The van der Waals surface area contributed by atoms with Crippen LogP contribution in [0.2, 0.25) is 5.02 Å². The lowest BCUT2D eigenvalue weighted by Gasteiger charge is -2.09. The molecular weight excluding hydrogens is 344 g/mol. The fraction of sp³-hybridized carbons (Fsp3) is 0. The van der Waals surface area contributed by atoms with E-state index in [1.807, 2.05) is 52.9 Å². The summed E-state index contributed by atoms with van der Waals surface area (Å²) in [7, 11) is 0. The highest BCUT2D eigenvalue weighted by Crippen LogP contribution is 2.31. The molecule has 0 aliphatic rings. The quantitative estimate of drug-likeness (QED) is 0.433. The van der Waals surface area contributed by atoms with Gasteiger partial charge >= 0.3 is 0 Å². The SMILES string of the molecule is Clc1ccc(-c2nnc3c(-c4ccccc4)cc4cccnc4n23)cc1. The van der Waals surface area contributed by atoms with Crippen molar-refractivity contribution in [2.24, 2.45) is 0 Å². The number of nitrogens with zero attached hydrogens (tertiary/aromatic N) is 4. The summed E-state index contributed by atoms with van der Waals surface area (Å²) in [6, 6.07) is 23.9. The van der Waals surface area contributed by atoms with Gasteiger partial charge in [0.05, 0.1) is 0 Å². The van der Waals surface area contributed by atoms with Gasteiger partial charge in [-0.05, 0) is 48.0 Å². The maximum Gasteiger partial charge on any atom is 0.170 e. The van der Waals surface area contributed by atoms with E-state index in [1.165, 1.54) is 0 Å². The molecule has 0 aliphatic heterocycles. The highest BCUT2D eigenvalue weighted by Gasteiger charge is 2.16. The lowest BCUT2D eigenvalue weighted by Crippen LogP contribution is -1.96. The summed E-state index contributed by atoms with van der Waals surface area (Å²) < 4.78 is 2.01. The van der Waals surface area contributed by atoms with Crippen LogP contribution in [0.4, 0.5) is 0 Å². The summed E-state index contributed by atoms with van der Waals surface area (Å²) in [5.74, 6) is 0.748. The number of fused-ring (bicyclic) bond motifs is 3. The summed E-state index contributed by atoms with van der Waals surface area (Å²) in [6.07, 6.45) is 1.79. The van der Waals surface area contributed by atoms with E-state index in [2.05, 4.69) is 39.4 Å². The monoisotopic (exact) mass is 356 g/mol. The maximum atomic E-state index is 6.04. The van der Waals surface area contributed by atoms with Gasteiger partial charge in [-0.1, -0.05) is 41.9 Å². The normalized spacial score (nSPS) is 11.3. The van der Waals surface area contributed by atoms with Crippen molar-refractivity contribution in [1.82, 2.24) is 19.6 Å². The summed E-state index contributed by atoms with van der Waals surface area (Å²) >= 11 is 6.04. The zero-order valence-electron chi connectivity index (χ0n) is 13.7. The third-order valence-corrected chi connectivity index (χ3v) is 4.67. The van der Waals surface area contributed by atoms with Crippen molar-refractivity contribution in [3.63, 3.8) is 0 Å². The van der Waals surface area contributed by atoms with Gasteiger partial charge in [0, 0.05) is 27.7 Å². The molecule has 0 saturated heterocycles. The van der Waals surface area contributed by atoms with Crippen LogP contribution in [0.3, 0.4) is 0 Å². The van der Waals surface area contributed by atoms with Crippen LogP contribution in [0.5, 0.6) is 0 Å². The van der Waals surface area contributed by atoms with E-state index >= 15 is 0 Å². The Morgan fingerprint density at radius 1 is 0.731 bits per heavy atom. The van der Waals surface area contributed by atoms with Gasteiger partial charge in [-0.2, -0.15) is 0 Å². The van der Waals surface area contributed by atoms with Crippen LogP contribution in [0, 0.1) is 0 Å². The van der Waals surface area contributed by atoms with Crippen molar-refractivity contribution < 1.29 is 0 Å². The van der Waals surface area contributed by atoms with Gasteiger partial charge < -0.3 is 0 Å². The van der Waals surface area contributed by atoms with E-state index in [4.69, 9.17) is 11.6 Å². The summed E-state index contributed by atoms with van der Waals surface area (Å²) in [5.41, 5.74) is 4.68. The minimum atomic E-state index is 0.690. The maximum absolute atomic E-state index is 6.04. The first-order valence-corrected chi connectivity index (χ1v) is 8.63. The van der Waals surface area contributed by atoms with Crippen LogP contribution in [0.25, 0.3) is 39.2 Å². The lowest BCUT2D eigenvalue weighted by atomic mass is 10.1. The first-order chi connectivity index (χ1) is 12.8. The van der Waals surface area contributed by atoms with Crippen molar-refractivity contribution in [3.05, 3.63) is 84.0 Å². The van der Waals surface area contributed by atoms with Crippen molar-refractivity contribution in [2.45, 2.75) is 0 Å².